The number of carbonyl (C=O) groups excluding carboxylic acids is 1. The van der Waals surface area contributed by atoms with Crippen LogP contribution in [-0.4, -0.2) is 46.6 Å². The molecule has 0 radical (unpaired) electrons. The number of pyridine rings is 2. The predicted octanol–water partition coefficient (Wildman–Crippen LogP) is 5.76. The number of anilines is 2. The monoisotopic (exact) mass is 523 g/mol. The fourth-order valence-electron chi connectivity index (χ4n) is 4.76. The van der Waals surface area contributed by atoms with E-state index in [1.807, 2.05) is 36.7 Å². The van der Waals surface area contributed by atoms with Crippen LogP contribution in [-0.2, 0) is 17.3 Å². The fraction of sp³-hybridized carbons (Fsp3) is 0.321. The Kier molecular flexibility index (Phi) is 7.07. The molecule has 1 amide bonds. The molecule has 38 heavy (non-hydrogen) atoms. The maximum absolute atomic E-state index is 13.6. The van der Waals surface area contributed by atoms with Crippen LogP contribution in [0.4, 0.5) is 24.5 Å². The van der Waals surface area contributed by atoms with Crippen molar-refractivity contribution >= 4 is 22.9 Å². The van der Waals surface area contributed by atoms with Crippen LogP contribution < -0.4 is 10.2 Å². The molecule has 5 rings (SSSR count). The molecule has 10 heteroatoms. The van der Waals surface area contributed by atoms with Gasteiger partial charge in [0.05, 0.1) is 36.3 Å². The highest BCUT2D eigenvalue weighted by molar-refractivity contribution is 6.04. The van der Waals surface area contributed by atoms with E-state index in [2.05, 4.69) is 20.2 Å². The molecule has 0 atom stereocenters. The number of aryl methyl sites for hydroxylation is 2. The van der Waals surface area contributed by atoms with Crippen LogP contribution in [0.5, 0.6) is 0 Å². The van der Waals surface area contributed by atoms with Gasteiger partial charge in [0.25, 0.3) is 5.91 Å². The number of nitrogens with zero attached hydrogens (tertiary/aromatic N) is 4. The summed E-state index contributed by atoms with van der Waals surface area (Å²) in [7, 11) is 0. The number of benzene rings is 1. The molecular weight excluding hydrogens is 495 g/mol. The van der Waals surface area contributed by atoms with Crippen molar-refractivity contribution in [2.45, 2.75) is 32.9 Å². The Morgan fingerprint density at radius 1 is 1.13 bits per heavy atom. The van der Waals surface area contributed by atoms with Crippen molar-refractivity contribution in [3.8, 4) is 11.1 Å². The summed E-state index contributed by atoms with van der Waals surface area (Å²) >= 11 is 0. The van der Waals surface area contributed by atoms with E-state index in [9.17, 15) is 18.0 Å². The maximum atomic E-state index is 13.6. The van der Waals surface area contributed by atoms with Crippen LogP contribution in [0, 0.1) is 6.92 Å². The molecule has 1 aliphatic rings. The molecule has 3 aromatic heterocycles. The zero-order valence-electron chi connectivity index (χ0n) is 21.2. The van der Waals surface area contributed by atoms with Gasteiger partial charge in [-0.15, -0.1) is 0 Å². The van der Waals surface area contributed by atoms with Crippen LogP contribution >= 0.6 is 0 Å². The SMILES string of the molecule is CCCc1ccc(C(=O)Nc2cnc(C)c(-c3cc(N4CCOCC4)c4nccn4c3)c2)cc1C(F)(F)F. The van der Waals surface area contributed by atoms with Crippen molar-refractivity contribution in [1.82, 2.24) is 14.4 Å². The summed E-state index contributed by atoms with van der Waals surface area (Å²) in [4.78, 5) is 24.2. The van der Waals surface area contributed by atoms with Gasteiger partial charge in [0.1, 0.15) is 0 Å². The summed E-state index contributed by atoms with van der Waals surface area (Å²) in [6, 6.07) is 7.57. The van der Waals surface area contributed by atoms with Gasteiger partial charge in [-0.25, -0.2) is 4.98 Å². The molecule has 1 aliphatic heterocycles. The van der Waals surface area contributed by atoms with Gasteiger partial charge in [0, 0.05) is 54.1 Å². The van der Waals surface area contributed by atoms with E-state index in [0.29, 0.717) is 25.3 Å². The van der Waals surface area contributed by atoms with E-state index in [1.54, 1.807) is 12.3 Å². The highest BCUT2D eigenvalue weighted by atomic mass is 19.4. The molecule has 0 unspecified atom stereocenters. The Morgan fingerprint density at radius 3 is 2.66 bits per heavy atom. The van der Waals surface area contributed by atoms with Crippen LogP contribution in [0.25, 0.3) is 16.8 Å². The number of ether oxygens (including phenoxy) is 1. The topological polar surface area (TPSA) is 71.8 Å². The van der Waals surface area contributed by atoms with Gasteiger partial charge in [-0.1, -0.05) is 19.4 Å². The summed E-state index contributed by atoms with van der Waals surface area (Å²) in [5, 5.41) is 2.72. The minimum atomic E-state index is -4.54. The molecule has 0 bridgehead atoms. The third kappa shape index (κ3) is 5.22. The van der Waals surface area contributed by atoms with E-state index in [1.165, 1.54) is 18.3 Å². The molecule has 7 nitrogen and oxygen atoms in total. The van der Waals surface area contributed by atoms with Crippen molar-refractivity contribution in [3.05, 3.63) is 77.5 Å². The molecule has 1 fully saturated rings. The number of imidazole rings is 1. The lowest BCUT2D eigenvalue weighted by Gasteiger charge is -2.29. The van der Waals surface area contributed by atoms with Gasteiger partial charge < -0.3 is 19.4 Å². The average Bonchev–Trinajstić information content (AvgIpc) is 3.38. The van der Waals surface area contributed by atoms with Crippen molar-refractivity contribution in [2.24, 2.45) is 0 Å². The van der Waals surface area contributed by atoms with Gasteiger partial charge in [-0.2, -0.15) is 13.2 Å². The first-order chi connectivity index (χ1) is 18.2. The van der Waals surface area contributed by atoms with Gasteiger partial charge in [-0.05, 0) is 43.2 Å². The highest BCUT2D eigenvalue weighted by Gasteiger charge is 2.33. The maximum Gasteiger partial charge on any atom is 0.416 e. The van der Waals surface area contributed by atoms with Crippen molar-refractivity contribution in [3.63, 3.8) is 0 Å². The quantitative estimate of drug-likeness (QED) is 0.348. The number of morpholine rings is 1. The van der Waals surface area contributed by atoms with Crippen LogP contribution in [0.2, 0.25) is 0 Å². The molecule has 198 valence electrons. The van der Waals surface area contributed by atoms with E-state index in [0.717, 1.165) is 47.3 Å². The molecule has 0 aliphatic carbocycles. The van der Waals surface area contributed by atoms with E-state index >= 15 is 0 Å². The molecule has 1 N–H and O–H groups in total. The molecule has 0 saturated carbocycles. The number of hydrogen-bond acceptors (Lipinski definition) is 5. The summed E-state index contributed by atoms with van der Waals surface area (Å²) in [6.45, 7) is 6.45. The summed E-state index contributed by atoms with van der Waals surface area (Å²) in [5.41, 5.74) is 3.95. The molecule has 0 spiro atoms. The zero-order chi connectivity index (χ0) is 26.9. The first-order valence-corrected chi connectivity index (χ1v) is 12.5. The van der Waals surface area contributed by atoms with E-state index in [-0.39, 0.29) is 17.5 Å². The van der Waals surface area contributed by atoms with Gasteiger partial charge in [0.2, 0.25) is 0 Å². The van der Waals surface area contributed by atoms with Gasteiger partial charge in [-0.3, -0.25) is 9.78 Å². The van der Waals surface area contributed by atoms with Crippen LogP contribution in [0.15, 0.2) is 55.1 Å². The Bertz CT molecular complexity index is 1480. The smallest absolute Gasteiger partial charge is 0.378 e. The zero-order valence-corrected chi connectivity index (χ0v) is 21.2. The molecule has 4 aromatic rings. The summed E-state index contributed by atoms with van der Waals surface area (Å²) in [6.07, 6.45) is 3.39. The minimum Gasteiger partial charge on any atom is -0.378 e. The number of alkyl halides is 3. The molecular formula is C28H28F3N5O2. The molecule has 1 aromatic carbocycles. The third-order valence-corrected chi connectivity index (χ3v) is 6.67. The Labute approximate surface area is 218 Å². The van der Waals surface area contributed by atoms with Crippen molar-refractivity contribution in [2.75, 3.05) is 36.5 Å². The average molecular weight is 524 g/mol. The van der Waals surface area contributed by atoms with Gasteiger partial charge in [0.15, 0.2) is 5.65 Å². The second-order valence-corrected chi connectivity index (χ2v) is 9.30. The summed E-state index contributed by atoms with van der Waals surface area (Å²) < 4.78 is 48.3. The molecule has 1 saturated heterocycles. The van der Waals surface area contributed by atoms with Gasteiger partial charge >= 0.3 is 6.18 Å². The number of rotatable bonds is 6. The second kappa shape index (κ2) is 10.4. The fourth-order valence-corrected chi connectivity index (χ4v) is 4.76. The third-order valence-electron chi connectivity index (χ3n) is 6.67. The number of nitrogens with one attached hydrogen (secondary N) is 1. The Morgan fingerprint density at radius 2 is 1.92 bits per heavy atom. The lowest BCUT2D eigenvalue weighted by atomic mass is 9.99. The second-order valence-electron chi connectivity index (χ2n) is 9.30. The number of hydrogen-bond donors (Lipinski definition) is 1. The first-order valence-electron chi connectivity index (χ1n) is 12.5. The lowest BCUT2D eigenvalue weighted by molar-refractivity contribution is -0.138. The van der Waals surface area contributed by atoms with E-state index < -0.39 is 17.6 Å². The normalized spacial score (nSPS) is 14.2. The number of fused-ring (bicyclic) bond motifs is 1. The number of amides is 1. The number of halogens is 3. The number of carbonyl (C=O) groups is 1. The van der Waals surface area contributed by atoms with Crippen molar-refractivity contribution < 1.29 is 22.7 Å². The minimum absolute atomic E-state index is 0.0614. The number of aromatic nitrogens is 3. The Balaban J connectivity index is 1.47. The van der Waals surface area contributed by atoms with E-state index in [4.69, 9.17) is 4.74 Å². The standard InChI is InChI=1S/C28H28F3N5O2/c1-3-4-19-5-6-20(13-24(19)28(29,30)31)27(37)34-22-15-23(18(2)33-16-22)21-14-25(35-9-11-38-12-10-35)26-32-7-8-36(26)17-21/h5-8,13-17H,3-4,9-12H2,1-2H3,(H,34,37). The van der Waals surface area contributed by atoms with Crippen molar-refractivity contribution in [1.29, 1.82) is 0 Å². The van der Waals surface area contributed by atoms with Crippen LogP contribution in [0.3, 0.4) is 0 Å². The summed E-state index contributed by atoms with van der Waals surface area (Å²) in [5.74, 6) is -0.630. The highest BCUT2D eigenvalue weighted by Crippen LogP contribution is 2.34. The largest absolute Gasteiger partial charge is 0.416 e. The predicted molar refractivity (Wildman–Crippen MR) is 140 cm³/mol. The van der Waals surface area contributed by atoms with Crippen LogP contribution in [0.1, 0.15) is 40.5 Å². The lowest BCUT2D eigenvalue weighted by Crippen LogP contribution is -2.36. The molecule has 4 heterocycles. The first kappa shape index (κ1) is 25.7. The Hall–Kier alpha value is -3.92.